The average Bonchev–Trinajstić information content (AvgIpc) is 2.54. The molecule has 1 aliphatic rings. The van der Waals surface area contributed by atoms with E-state index in [4.69, 9.17) is 9.15 Å². The minimum atomic E-state index is -0.432. The van der Waals surface area contributed by atoms with Crippen LogP contribution >= 0.6 is 0 Å². The fourth-order valence-electron chi connectivity index (χ4n) is 2.47. The maximum absolute atomic E-state index is 11.9. The van der Waals surface area contributed by atoms with E-state index in [1.165, 1.54) is 0 Å². The Balaban J connectivity index is 1.86. The summed E-state index contributed by atoms with van der Waals surface area (Å²) in [5.74, 6) is 0. The molecule has 1 aromatic heterocycles. The molecule has 0 amide bonds. The smallest absolute Gasteiger partial charge is 0.397 e. The molecule has 0 aliphatic heterocycles. The largest absolute Gasteiger partial charge is 0.448 e. The number of para-hydroxylation sites is 1. The second-order valence-electron chi connectivity index (χ2n) is 5.56. The molecule has 0 spiro atoms. The lowest BCUT2D eigenvalue weighted by Gasteiger charge is -2.37. The van der Waals surface area contributed by atoms with Crippen LogP contribution in [0.25, 0.3) is 10.9 Å². The molecule has 1 aliphatic carbocycles. The van der Waals surface area contributed by atoms with E-state index >= 15 is 0 Å². The summed E-state index contributed by atoms with van der Waals surface area (Å²) in [4.78, 5) is 18.3. The highest BCUT2D eigenvalue weighted by molar-refractivity contribution is 5.76. The highest BCUT2D eigenvalue weighted by Crippen LogP contribution is 2.24. The van der Waals surface area contributed by atoms with E-state index in [1.54, 1.807) is 18.2 Å². The van der Waals surface area contributed by atoms with E-state index in [9.17, 15) is 4.79 Å². The zero-order chi connectivity index (χ0) is 15.6. The van der Waals surface area contributed by atoms with E-state index in [-0.39, 0.29) is 11.6 Å². The summed E-state index contributed by atoms with van der Waals surface area (Å²) in [6, 6.07) is 7.06. The Morgan fingerprint density at radius 1 is 1.32 bits per heavy atom. The van der Waals surface area contributed by atoms with E-state index < -0.39 is 5.63 Å². The van der Waals surface area contributed by atoms with Crippen molar-refractivity contribution in [1.82, 2.24) is 9.88 Å². The molecular weight excluding hydrogens is 280 g/mol. The quantitative estimate of drug-likeness (QED) is 0.867. The van der Waals surface area contributed by atoms with Crippen molar-refractivity contribution in [2.75, 3.05) is 20.7 Å². The van der Waals surface area contributed by atoms with Crippen LogP contribution < -0.4 is 10.4 Å². The molecule has 0 saturated heterocycles. The van der Waals surface area contributed by atoms with Crippen LogP contribution in [-0.4, -0.2) is 36.1 Å². The molecule has 3 rings (SSSR count). The summed E-state index contributed by atoms with van der Waals surface area (Å²) in [7, 11) is 3.99. The third-order valence-corrected chi connectivity index (χ3v) is 3.98. The molecule has 0 saturated carbocycles. The maximum atomic E-state index is 11.9. The Morgan fingerprint density at radius 3 is 2.86 bits per heavy atom. The molecule has 2 aromatic rings. The van der Waals surface area contributed by atoms with Gasteiger partial charge in [0.15, 0.2) is 0 Å². The van der Waals surface area contributed by atoms with Crippen molar-refractivity contribution < 1.29 is 9.15 Å². The van der Waals surface area contributed by atoms with Crippen LogP contribution in [0, 0.1) is 0 Å². The maximum Gasteiger partial charge on any atom is 0.397 e. The Bertz CT molecular complexity index is 792. The standard InChI is InChI=1S/C17H18N2O3/c1-19(2)17(10-6-3-7-11-17)12-21-16-18-14-9-5-4-8-13(14)15(20)22-16/h3-10H,11-12H2,1-2H3. The number of hydrogen-bond acceptors (Lipinski definition) is 5. The van der Waals surface area contributed by atoms with Gasteiger partial charge in [0.1, 0.15) is 6.61 Å². The van der Waals surface area contributed by atoms with E-state index in [1.807, 2.05) is 32.3 Å². The molecule has 0 bridgehead atoms. The molecule has 1 atom stereocenters. The van der Waals surface area contributed by atoms with Gasteiger partial charge in [0.2, 0.25) is 0 Å². The predicted octanol–water partition coefficient (Wildman–Crippen LogP) is 2.38. The van der Waals surface area contributed by atoms with Crippen LogP contribution in [0.5, 0.6) is 6.08 Å². The van der Waals surface area contributed by atoms with Gasteiger partial charge in [-0.05, 0) is 32.6 Å². The van der Waals surface area contributed by atoms with Crippen LogP contribution in [0.1, 0.15) is 6.42 Å². The van der Waals surface area contributed by atoms with Crippen LogP contribution in [0.15, 0.2) is 57.8 Å². The number of rotatable bonds is 4. The number of nitrogens with zero attached hydrogens (tertiary/aromatic N) is 2. The Kier molecular flexibility index (Phi) is 3.81. The number of aromatic nitrogens is 1. The summed E-state index contributed by atoms with van der Waals surface area (Å²) in [5.41, 5.74) is -0.119. The van der Waals surface area contributed by atoms with Gasteiger partial charge in [-0.3, -0.25) is 4.90 Å². The van der Waals surface area contributed by atoms with Crippen molar-refractivity contribution in [3.63, 3.8) is 0 Å². The molecule has 0 radical (unpaired) electrons. The molecule has 5 heteroatoms. The summed E-state index contributed by atoms with van der Waals surface area (Å²) in [5, 5.41) is 0.456. The lowest BCUT2D eigenvalue weighted by molar-refractivity contribution is 0.0977. The first kappa shape index (κ1) is 14.5. The number of allylic oxidation sites excluding steroid dienone is 2. The minimum Gasteiger partial charge on any atom is -0.448 e. The fourth-order valence-corrected chi connectivity index (χ4v) is 2.47. The highest BCUT2D eigenvalue weighted by Gasteiger charge is 2.31. The first-order valence-electron chi connectivity index (χ1n) is 7.15. The number of ether oxygens (including phenoxy) is 1. The Morgan fingerprint density at radius 2 is 2.14 bits per heavy atom. The third kappa shape index (κ3) is 2.67. The van der Waals surface area contributed by atoms with Crippen LogP contribution in [0.4, 0.5) is 0 Å². The SMILES string of the molecule is CN(C)C1(COc2nc3ccccc3c(=O)o2)C=CC=CC1. The Hall–Kier alpha value is -2.40. The number of hydrogen-bond donors (Lipinski definition) is 0. The van der Waals surface area contributed by atoms with Crippen molar-refractivity contribution in [3.05, 3.63) is 59.0 Å². The monoisotopic (exact) mass is 298 g/mol. The van der Waals surface area contributed by atoms with Crippen LogP contribution in [0.3, 0.4) is 0 Å². The second kappa shape index (κ2) is 5.77. The van der Waals surface area contributed by atoms with Crippen molar-refractivity contribution in [2.45, 2.75) is 12.0 Å². The predicted molar refractivity (Wildman–Crippen MR) is 85.1 cm³/mol. The van der Waals surface area contributed by atoms with Crippen molar-refractivity contribution in [3.8, 4) is 6.08 Å². The molecular formula is C17H18N2O3. The lowest BCUT2D eigenvalue weighted by Crippen LogP contribution is -2.47. The molecule has 22 heavy (non-hydrogen) atoms. The molecule has 1 aromatic carbocycles. The van der Waals surface area contributed by atoms with Gasteiger partial charge in [0.05, 0.1) is 16.4 Å². The first-order chi connectivity index (χ1) is 10.6. The number of fused-ring (bicyclic) bond motifs is 1. The zero-order valence-electron chi connectivity index (χ0n) is 12.7. The van der Waals surface area contributed by atoms with Crippen LogP contribution in [-0.2, 0) is 0 Å². The van der Waals surface area contributed by atoms with Gasteiger partial charge in [-0.1, -0.05) is 36.4 Å². The molecule has 0 fully saturated rings. The summed E-state index contributed by atoms with van der Waals surface area (Å²) >= 11 is 0. The molecule has 0 N–H and O–H groups in total. The average molecular weight is 298 g/mol. The molecule has 114 valence electrons. The second-order valence-corrected chi connectivity index (χ2v) is 5.56. The fraction of sp³-hybridized carbons (Fsp3) is 0.294. The summed E-state index contributed by atoms with van der Waals surface area (Å²) in [6.07, 6.45) is 9.02. The van der Waals surface area contributed by atoms with E-state index in [2.05, 4.69) is 22.0 Å². The normalized spacial score (nSPS) is 20.7. The number of likely N-dealkylation sites (N-methyl/N-ethyl adjacent to an activating group) is 1. The van der Waals surface area contributed by atoms with Gasteiger partial charge in [0.25, 0.3) is 0 Å². The Labute approximate surface area is 128 Å². The molecule has 1 heterocycles. The minimum absolute atomic E-state index is 0.00729. The zero-order valence-corrected chi connectivity index (χ0v) is 12.7. The lowest BCUT2D eigenvalue weighted by atomic mass is 9.91. The first-order valence-corrected chi connectivity index (χ1v) is 7.15. The van der Waals surface area contributed by atoms with Gasteiger partial charge in [0, 0.05) is 0 Å². The number of benzene rings is 1. The highest BCUT2D eigenvalue weighted by atomic mass is 16.6. The van der Waals surface area contributed by atoms with Gasteiger partial charge < -0.3 is 9.15 Å². The summed E-state index contributed by atoms with van der Waals surface area (Å²) < 4.78 is 10.9. The van der Waals surface area contributed by atoms with Gasteiger partial charge >= 0.3 is 11.7 Å². The van der Waals surface area contributed by atoms with Gasteiger partial charge in [-0.2, -0.15) is 4.98 Å². The van der Waals surface area contributed by atoms with Crippen molar-refractivity contribution >= 4 is 10.9 Å². The third-order valence-electron chi connectivity index (χ3n) is 3.98. The van der Waals surface area contributed by atoms with E-state index in [0.29, 0.717) is 17.5 Å². The van der Waals surface area contributed by atoms with Gasteiger partial charge in [-0.15, -0.1) is 0 Å². The van der Waals surface area contributed by atoms with Gasteiger partial charge in [-0.25, -0.2) is 4.79 Å². The summed E-state index contributed by atoms with van der Waals surface area (Å²) in [6.45, 7) is 0.356. The molecule has 1 unspecified atom stereocenters. The van der Waals surface area contributed by atoms with E-state index in [0.717, 1.165) is 6.42 Å². The van der Waals surface area contributed by atoms with Crippen molar-refractivity contribution in [2.24, 2.45) is 0 Å². The van der Waals surface area contributed by atoms with Crippen LogP contribution in [0.2, 0.25) is 0 Å². The topological polar surface area (TPSA) is 55.6 Å². The van der Waals surface area contributed by atoms with Crippen molar-refractivity contribution in [1.29, 1.82) is 0 Å². The molecule has 5 nitrogen and oxygen atoms in total.